The van der Waals surface area contributed by atoms with Crippen LogP contribution in [0.2, 0.25) is 15.2 Å². The third kappa shape index (κ3) is 2.34. The molecule has 0 saturated heterocycles. The molecule has 0 spiro atoms. The molecular weight excluding hydrogens is 280 g/mol. The van der Waals surface area contributed by atoms with E-state index in [0.29, 0.717) is 21.3 Å². The first-order chi connectivity index (χ1) is 8.00. The van der Waals surface area contributed by atoms with Crippen molar-refractivity contribution in [1.82, 2.24) is 4.98 Å². The monoisotopic (exact) mass is 287 g/mol. The number of pyridine rings is 1. The molecule has 1 N–H and O–H groups in total. The fraction of sp³-hybridized carbons (Fsp3) is 0.0833. The van der Waals surface area contributed by atoms with Crippen molar-refractivity contribution >= 4 is 34.8 Å². The number of phenolic OH excluding ortho intramolecular Hbond substituents is 1. The number of rotatable bonds is 1. The second-order valence-corrected chi connectivity index (χ2v) is 4.67. The number of nitrogens with zero attached hydrogens (tertiary/aromatic N) is 1. The summed E-state index contributed by atoms with van der Waals surface area (Å²) in [4.78, 5) is 4.15. The summed E-state index contributed by atoms with van der Waals surface area (Å²) in [6, 6.07) is 6.55. The lowest BCUT2D eigenvalue weighted by molar-refractivity contribution is 0.475. The van der Waals surface area contributed by atoms with Crippen LogP contribution < -0.4 is 0 Å². The molecule has 0 amide bonds. The number of aromatic hydroxyl groups is 1. The second-order valence-electron chi connectivity index (χ2n) is 3.55. The average Bonchev–Trinajstić information content (AvgIpc) is 2.32. The summed E-state index contributed by atoms with van der Waals surface area (Å²) in [6.07, 6.45) is 0. The lowest BCUT2D eigenvalue weighted by atomic mass is 10.1. The van der Waals surface area contributed by atoms with E-state index in [1.54, 1.807) is 31.2 Å². The van der Waals surface area contributed by atoms with Crippen LogP contribution in [0.4, 0.5) is 0 Å². The van der Waals surface area contributed by atoms with Gasteiger partial charge in [-0.3, -0.25) is 0 Å². The molecular formula is C12H8Cl3NO. The molecule has 5 heteroatoms. The molecule has 0 bridgehead atoms. The van der Waals surface area contributed by atoms with Gasteiger partial charge in [0.15, 0.2) is 0 Å². The van der Waals surface area contributed by atoms with Crippen LogP contribution in [-0.4, -0.2) is 10.1 Å². The molecule has 2 nitrogen and oxygen atoms in total. The van der Waals surface area contributed by atoms with Crippen molar-refractivity contribution in [3.05, 3.63) is 45.0 Å². The standard InChI is InChI=1S/C12H8Cl3NO/c1-6-9(13)11(16-12(15)10(6)14)7-2-4-8(17)5-3-7/h2-5,17H,1H3. The Balaban J connectivity index is 2.64. The molecule has 1 aromatic heterocycles. The lowest BCUT2D eigenvalue weighted by Gasteiger charge is -2.09. The third-order valence-electron chi connectivity index (χ3n) is 2.40. The van der Waals surface area contributed by atoms with Crippen molar-refractivity contribution in [1.29, 1.82) is 0 Å². The molecule has 2 aromatic rings. The van der Waals surface area contributed by atoms with Crippen molar-refractivity contribution in [2.75, 3.05) is 0 Å². The van der Waals surface area contributed by atoms with Crippen molar-refractivity contribution in [3.63, 3.8) is 0 Å². The van der Waals surface area contributed by atoms with Gasteiger partial charge in [0.05, 0.1) is 15.7 Å². The van der Waals surface area contributed by atoms with Crippen LogP contribution in [0, 0.1) is 6.92 Å². The third-order valence-corrected chi connectivity index (χ3v) is 3.69. The Kier molecular flexibility index (Phi) is 3.48. The van der Waals surface area contributed by atoms with Crippen LogP contribution in [0.3, 0.4) is 0 Å². The Hall–Kier alpha value is -0.960. The van der Waals surface area contributed by atoms with Crippen LogP contribution in [-0.2, 0) is 0 Å². The maximum absolute atomic E-state index is 9.23. The predicted octanol–water partition coefficient (Wildman–Crippen LogP) is 4.72. The molecule has 0 atom stereocenters. The SMILES string of the molecule is Cc1c(Cl)c(Cl)nc(-c2ccc(O)cc2)c1Cl. The van der Waals surface area contributed by atoms with Gasteiger partial charge in [-0.25, -0.2) is 4.98 Å². The molecule has 0 aliphatic carbocycles. The largest absolute Gasteiger partial charge is 0.508 e. The van der Waals surface area contributed by atoms with Crippen molar-refractivity contribution in [3.8, 4) is 17.0 Å². The first-order valence-corrected chi connectivity index (χ1v) is 5.94. The highest BCUT2D eigenvalue weighted by Gasteiger charge is 2.14. The molecule has 0 radical (unpaired) electrons. The number of aromatic nitrogens is 1. The van der Waals surface area contributed by atoms with Crippen molar-refractivity contribution in [2.45, 2.75) is 6.92 Å². The van der Waals surface area contributed by atoms with Gasteiger partial charge in [-0.1, -0.05) is 34.8 Å². The number of hydrogen-bond acceptors (Lipinski definition) is 2. The lowest BCUT2D eigenvalue weighted by Crippen LogP contribution is -1.91. The minimum atomic E-state index is 0.182. The summed E-state index contributed by atoms with van der Waals surface area (Å²) < 4.78 is 0. The molecule has 17 heavy (non-hydrogen) atoms. The van der Waals surface area contributed by atoms with Gasteiger partial charge in [0, 0.05) is 5.56 Å². The fourth-order valence-corrected chi connectivity index (χ4v) is 2.09. The quantitative estimate of drug-likeness (QED) is 0.770. The average molecular weight is 289 g/mol. The van der Waals surface area contributed by atoms with E-state index in [0.717, 1.165) is 5.56 Å². The zero-order valence-electron chi connectivity index (χ0n) is 8.84. The van der Waals surface area contributed by atoms with E-state index >= 15 is 0 Å². The van der Waals surface area contributed by atoms with E-state index in [4.69, 9.17) is 34.8 Å². The summed E-state index contributed by atoms with van der Waals surface area (Å²) in [5, 5.41) is 10.3. The van der Waals surface area contributed by atoms with Gasteiger partial charge in [-0.05, 0) is 36.8 Å². The van der Waals surface area contributed by atoms with Gasteiger partial charge >= 0.3 is 0 Å². The first-order valence-electron chi connectivity index (χ1n) is 4.81. The Morgan fingerprint density at radius 3 is 2.18 bits per heavy atom. The Morgan fingerprint density at radius 1 is 1.00 bits per heavy atom. The zero-order valence-corrected chi connectivity index (χ0v) is 11.1. The molecule has 0 aliphatic heterocycles. The first kappa shape index (κ1) is 12.5. The molecule has 0 saturated carbocycles. The molecule has 0 unspecified atom stereocenters. The summed E-state index contributed by atoms with van der Waals surface area (Å²) in [5.41, 5.74) is 2.02. The fourth-order valence-electron chi connectivity index (χ4n) is 1.44. The Morgan fingerprint density at radius 2 is 1.59 bits per heavy atom. The Labute approximate surface area is 114 Å². The van der Waals surface area contributed by atoms with E-state index in [-0.39, 0.29) is 10.9 Å². The molecule has 0 fully saturated rings. The van der Waals surface area contributed by atoms with E-state index in [1.807, 2.05) is 0 Å². The van der Waals surface area contributed by atoms with Gasteiger partial charge in [0.25, 0.3) is 0 Å². The highest BCUT2D eigenvalue weighted by atomic mass is 35.5. The minimum Gasteiger partial charge on any atom is -0.508 e. The molecule has 0 aliphatic rings. The van der Waals surface area contributed by atoms with Crippen LogP contribution in [0.5, 0.6) is 5.75 Å². The predicted molar refractivity (Wildman–Crippen MR) is 71.1 cm³/mol. The molecule has 1 heterocycles. The van der Waals surface area contributed by atoms with Gasteiger partial charge in [0.1, 0.15) is 10.9 Å². The Bertz CT molecular complexity index is 567. The number of halogens is 3. The summed E-state index contributed by atoms with van der Waals surface area (Å²) in [6.45, 7) is 1.78. The van der Waals surface area contributed by atoms with E-state index < -0.39 is 0 Å². The van der Waals surface area contributed by atoms with E-state index in [9.17, 15) is 5.11 Å². The number of benzene rings is 1. The molecule has 2 rings (SSSR count). The van der Waals surface area contributed by atoms with Crippen LogP contribution in [0.15, 0.2) is 24.3 Å². The minimum absolute atomic E-state index is 0.182. The normalized spacial score (nSPS) is 10.6. The smallest absolute Gasteiger partial charge is 0.148 e. The highest BCUT2D eigenvalue weighted by molar-refractivity contribution is 6.43. The topological polar surface area (TPSA) is 33.1 Å². The van der Waals surface area contributed by atoms with Crippen LogP contribution in [0.25, 0.3) is 11.3 Å². The van der Waals surface area contributed by atoms with Crippen LogP contribution in [0.1, 0.15) is 5.56 Å². The molecule has 88 valence electrons. The number of hydrogen-bond donors (Lipinski definition) is 1. The second kappa shape index (κ2) is 4.73. The van der Waals surface area contributed by atoms with Gasteiger partial charge in [-0.2, -0.15) is 0 Å². The highest BCUT2D eigenvalue weighted by Crippen LogP contribution is 2.36. The summed E-state index contributed by atoms with van der Waals surface area (Å²) in [5.74, 6) is 0.182. The maximum Gasteiger partial charge on any atom is 0.148 e. The zero-order chi connectivity index (χ0) is 12.6. The van der Waals surface area contributed by atoms with Gasteiger partial charge < -0.3 is 5.11 Å². The summed E-state index contributed by atoms with van der Waals surface area (Å²) >= 11 is 18.0. The summed E-state index contributed by atoms with van der Waals surface area (Å²) in [7, 11) is 0. The van der Waals surface area contributed by atoms with Crippen molar-refractivity contribution in [2.24, 2.45) is 0 Å². The van der Waals surface area contributed by atoms with Crippen LogP contribution >= 0.6 is 34.8 Å². The maximum atomic E-state index is 9.23. The van der Waals surface area contributed by atoms with Crippen molar-refractivity contribution < 1.29 is 5.11 Å². The van der Waals surface area contributed by atoms with E-state index in [1.165, 1.54) is 0 Å². The van der Waals surface area contributed by atoms with E-state index in [2.05, 4.69) is 4.98 Å². The van der Waals surface area contributed by atoms with Gasteiger partial charge in [0.2, 0.25) is 0 Å². The number of phenols is 1. The van der Waals surface area contributed by atoms with Gasteiger partial charge in [-0.15, -0.1) is 0 Å². The molecule has 1 aromatic carbocycles.